The third kappa shape index (κ3) is 3.13. The van der Waals surface area contributed by atoms with Gasteiger partial charge in [0, 0.05) is 43.2 Å². The number of halogens is 4. The summed E-state index contributed by atoms with van der Waals surface area (Å²) in [6.45, 7) is 1.20. The molecule has 12 heteroatoms. The number of hydrogen-bond donors (Lipinski definition) is 1. The molecule has 4 aromatic heterocycles. The van der Waals surface area contributed by atoms with E-state index >= 15 is 0 Å². The summed E-state index contributed by atoms with van der Waals surface area (Å²) in [5.74, 6) is 0.298. The first-order valence-electron chi connectivity index (χ1n) is 9.08. The van der Waals surface area contributed by atoms with Gasteiger partial charge < -0.3 is 4.90 Å². The Hall–Kier alpha value is -3.57. The van der Waals surface area contributed by atoms with Crippen LogP contribution in [0.5, 0.6) is 0 Å². The summed E-state index contributed by atoms with van der Waals surface area (Å²) in [5, 5.41) is 6.05. The van der Waals surface area contributed by atoms with E-state index in [1.807, 2.05) is 4.90 Å². The molecule has 0 aliphatic carbocycles. The number of aromatic amines is 1. The predicted molar refractivity (Wildman–Crippen MR) is 97.1 cm³/mol. The van der Waals surface area contributed by atoms with Crippen LogP contribution in [0.3, 0.4) is 0 Å². The van der Waals surface area contributed by atoms with Gasteiger partial charge in [0.15, 0.2) is 17.2 Å². The second kappa shape index (κ2) is 6.75. The lowest BCUT2D eigenvalue weighted by Gasteiger charge is -2.17. The van der Waals surface area contributed by atoms with E-state index in [-0.39, 0.29) is 17.4 Å². The lowest BCUT2D eigenvalue weighted by atomic mass is 10.0. The van der Waals surface area contributed by atoms with Crippen LogP contribution in [0.2, 0.25) is 0 Å². The topological polar surface area (TPSA) is 87.9 Å². The van der Waals surface area contributed by atoms with Gasteiger partial charge in [-0.1, -0.05) is 0 Å². The minimum absolute atomic E-state index is 0.0293. The van der Waals surface area contributed by atoms with Crippen molar-refractivity contribution in [3.05, 3.63) is 54.3 Å². The van der Waals surface area contributed by atoms with Gasteiger partial charge in [0.05, 0.1) is 12.4 Å². The molecule has 0 spiro atoms. The summed E-state index contributed by atoms with van der Waals surface area (Å²) >= 11 is 0. The lowest BCUT2D eigenvalue weighted by Crippen LogP contribution is -2.21. The van der Waals surface area contributed by atoms with Crippen molar-refractivity contribution < 1.29 is 17.6 Å². The van der Waals surface area contributed by atoms with E-state index in [1.165, 1.54) is 16.8 Å². The standard InChI is InChI=1S/C18H14F4N8/c19-16-11(5-26-28-16)10-2-4-29(8-10)14-1-3-23-17(27-14)12-6-25-15-7-24-13(9-30(12)15)18(20,21)22/h1,3,5-7,9-10H,2,4,8H2,(H,26,28). The van der Waals surface area contributed by atoms with Crippen LogP contribution in [0.15, 0.2) is 37.1 Å². The molecule has 1 N–H and O–H groups in total. The first-order valence-corrected chi connectivity index (χ1v) is 9.08. The highest BCUT2D eigenvalue weighted by Crippen LogP contribution is 2.32. The Bertz CT molecular complexity index is 1210. The number of anilines is 1. The zero-order chi connectivity index (χ0) is 20.9. The molecule has 4 aromatic rings. The number of rotatable bonds is 3. The van der Waals surface area contributed by atoms with Crippen molar-refractivity contribution >= 4 is 11.5 Å². The Morgan fingerprint density at radius 2 is 2.00 bits per heavy atom. The molecular weight excluding hydrogens is 404 g/mol. The summed E-state index contributed by atoms with van der Waals surface area (Å²) in [6, 6.07) is 1.71. The van der Waals surface area contributed by atoms with E-state index < -0.39 is 17.8 Å². The molecule has 0 aromatic carbocycles. The molecule has 0 radical (unpaired) electrons. The predicted octanol–water partition coefficient (Wildman–Crippen LogP) is 3.06. The van der Waals surface area contributed by atoms with E-state index in [2.05, 4.69) is 30.1 Å². The van der Waals surface area contributed by atoms with Gasteiger partial charge in [0.25, 0.3) is 0 Å². The molecule has 1 aliphatic rings. The number of aromatic nitrogens is 7. The van der Waals surface area contributed by atoms with Crippen LogP contribution in [0.4, 0.5) is 23.4 Å². The van der Waals surface area contributed by atoms with Gasteiger partial charge in [0.1, 0.15) is 11.5 Å². The van der Waals surface area contributed by atoms with Crippen LogP contribution in [0, 0.1) is 5.95 Å². The maximum absolute atomic E-state index is 13.8. The highest BCUT2D eigenvalue weighted by Gasteiger charge is 2.33. The third-order valence-corrected chi connectivity index (χ3v) is 5.13. The second-order valence-electron chi connectivity index (χ2n) is 6.94. The van der Waals surface area contributed by atoms with Gasteiger partial charge in [-0.2, -0.15) is 17.6 Å². The van der Waals surface area contributed by atoms with Gasteiger partial charge in [-0.05, 0) is 12.5 Å². The van der Waals surface area contributed by atoms with E-state index in [0.717, 1.165) is 18.8 Å². The number of fused-ring (bicyclic) bond motifs is 1. The fraction of sp³-hybridized carbons (Fsp3) is 0.278. The van der Waals surface area contributed by atoms with Crippen molar-refractivity contribution in [2.45, 2.75) is 18.5 Å². The maximum atomic E-state index is 13.8. The Morgan fingerprint density at radius 1 is 1.13 bits per heavy atom. The van der Waals surface area contributed by atoms with Gasteiger partial charge >= 0.3 is 6.18 Å². The van der Waals surface area contributed by atoms with E-state index in [9.17, 15) is 17.6 Å². The molecule has 30 heavy (non-hydrogen) atoms. The molecule has 154 valence electrons. The average Bonchev–Trinajstić information content (AvgIpc) is 3.46. The van der Waals surface area contributed by atoms with Gasteiger partial charge in [-0.25, -0.2) is 19.9 Å². The third-order valence-electron chi connectivity index (χ3n) is 5.13. The van der Waals surface area contributed by atoms with Crippen molar-refractivity contribution in [3.63, 3.8) is 0 Å². The maximum Gasteiger partial charge on any atom is 0.434 e. The Kier molecular flexibility index (Phi) is 4.15. The summed E-state index contributed by atoms with van der Waals surface area (Å²) in [6.07, 6.45) is 2.58. The zero-order valence-corrected chi connectivity index (χ0v) is 15.3. The van der Waals surface area contributed by atoms with Crippen LogP contribution in [0.1, 0.15) is 23.6 Å². The summed E-state index contributed by atoms with van der Waals surface area (Å²) < 4.78 is 54.1. The number of alkyl halides is 3. The lowest BCUT2D eigenvalue weighted by molar-refractivity contribution is -0.141. The molecule has 5 heterocycles. The van der Waals surface area contributed by atoms with Gasteiger partial charge in [-0.15, -0.1) is 5.10 Å². The van der Waals surface area contributed by atoms with Crippen LogP contribution in [0.25, 0.3) is 17.2 Å². The molecule has 1 unspecified atom stereocenters. The van der Waals surface area contributed by atoms with Crippen LogP contribution >= 0.6 is 0 Å². The molecule has 0 bridgehead atoms. The van der Waals surface area contributed by atoms with Gasteiger partial charge in [-0.3, -0.25) is 9.50 Å². The van der Waals surface area contributed by atoms with E-state index in [4.69, 9.17) is 0 Å². The number of nitrogens with one attached hydrogen (secondary N) is 1. The summed E-state index contributed by atoms with van der Waals surface area (Å²) in [4.78, 5) is 18.2. The highest BCUT2D eigenvalue weighted by molar-refractivity contribution is 5.58. The summed E-state index contributed by atoms with van der Waals surface area (Å²) in [7, 11) is 0. The molecule has 0 amide bonds. The van der Waals surface area contributed by atoms with Crippen LogP contribution < -0.4 is 4.90 Å². The first-order chi connectivity index (χ1) is 14.4. The van der Waals surface area contributed by atoms with Crippen molar-refractivity contribution in [2.75, 3.05) is 18.0 Å². The van der Waals surface area contributed by atoms with Crippen molar-refractivity contribution in [3.8, 4) is 11.5 Å². The largest absolute Gasteiger partial charge is 0.434 e. The van der Waals surface area contributed by atoms with Crippen LogP contribution in [-0.4, -0.2) is 47.6 Å². The molecule has 0 saturated carbocycles. The Labute approximate surface area is 166 Å². The molecule has 1 aliphatic heterocycles. The van der Waals surface area contributed by atoms with Crippen LogP contribution in [-0.2, 0) is 6.18 Å². The number of H-pyrrole nitrogens is 1. The molecular formula is C18H14F4N8. The summed E-state index contributed by atoms with van der Waals surface area (Å²) in [5.41, 5.74) is 0.0655. The Balaban J connectivity index is 1.46. The number of hydrogen-bond acceptors (Lipinski definition) is 6. The monoisotopic (exact) mass is 418 g/mol. The smallest absolute Gasteiger partial charge is 0.356 e. The normalized spacial score (nSPS) is 17.2. The van der Waals surface area contributed by atoms with Gasteiger partial charge in [0.2, 0.25) is 5.95 Å². The quantitative estimate of drug-likeness (QED) is 0.515. The Morgan fingerprint density at radius 3 is 2.77 bits per heavy atom. The van der Waals surface area contributed by atoms with Crippen molar-refractivity contribution in [1.29, 1.82) is 0 Å². The highest BCUT2D eigenvalue weighted by atomic mass is 19.4. The molecule has 1 saturated heterocycles. The number of nitrogens with zero attached hydrogens (tertiary/aromatic N) is 7. The van der Waals surface area contributed by atoms with E-state index in [1.54, 1.807) is 12.3 Å². The molecule has 8 nitrogen and oxygen atoms in total. The fourth-order valence-electron chi connectivity index (χ4n) is 3.64. The average molecular weight is 418 g/mol. The minimum Gasteiger partial charge on any atom is -0.356 e. The SMILES string of the molecule is Fc1n[nH]cc1C1CCN(c2ccnc(-c3cnc4cnc(C(F)(F)F)cn34)n2)C1. The fourth-order valence-corrected chi connectivity index (χ4v) is 3.64. The minimum atomic E-state index is -4.58. The van der Waals surface area contributed by atoms with Crippen molar-refractivity contribution in [1.82, 2.24) is 34.5 Å². The van der Waals surface area contributed by atoms with E-state index in [0.29, 0.717) is 30.2 Å². The number of imidazole rings is 1. The van der Waals surface area contributed by atoms with Crippen molar-refractivity contribution in [2.24, 2.45) is 0 Å². The molecule has 1 fully saturated rings. The molecule has 5 rings (SSSR count). The zero-order valence-electron chi connectivity index (χ0n) is 15.3. The second-order valence-corrected chi connectivity index (χ2v) is 6.94. The first kappa shape index (κ1) is 18.5. The molecule has 1 atom stereocenters.